The average Bonchev–Trinajstić information content (AvgIpc) is 2.99. The highest BCUT2D eigenvalue weighted by molar-refractivity contribution is 7.90. The number of rotatable bonds is 3. The molecule has 2 aromatic carbocycles. The highest BCUT2D eigenvalue weighted by Crippen LogP contribution is 2.33. The molecule has 0 spiro atoms. The van der Waals surface area contributed by atoms with E-state index in [1.54, 1.807) is 18.2 Å². The van der Waals surface area contributed by atoms with Crippen molar-refractivity contribution in [2.75, 3.05) is 16.9 Å². The molecule has 27 heavy (non-hydrogen) atoms. The first-order chi connectivity index (χ1) is 12.8. The van der Waals surface area contributed by atoms with Crippen molar-refractivity contribution in [3.05, 3.63) is 53.6 Å². The lowest BCUT2D eigenvalue weighted by Gasteiger charge is -2.31. The number of aryl methyl sites for hydroxylation is 2. The summed E-state index contributed by atoms with van der Waals surface area (Å²) < 4.78 is 28.3. The molecule has 0 bridgehead atoms. The topological polar surface area (TPSA) is 94.4 Å². The van der Waals surface area contributed by atoms with Gasteiger partial charge in [0.15, 0.2) is 0 Å². The highest BCUT2D eigenvalue weighted by atomic mass is 32.2. The summed E-state index contributed by atoms with van der Waals surface area (Å²) in [5, 5.41) is 5.93. The molecule has 2 heterocycles. The smallest absolute Gasteiger partial charge is 0.287 e. The lowest BCUT2D eigenvalue weighted by Crippen LogP contribution is -2.46. The van der Waals surface area contributed by atoms with E-state index in [-0.39, 0.29) is 23.3 Å². The molecule has 0 unspecified atom stereocenters. The number of carbonyl (C=O) groups excluding carboxylic acids is 1. The molecule has 8 nitrogen and oxygen atoms in total. The first-order valence-electron chi connectivity index (χ1n) is 8.27. The number of amides is 1. The third-order valence-electron chi connectivity index (χ3n) is 4.29. The third kappa shape index (κ3) is 3.06. The summed E-state index contributed by atoms with van der Waals surface area (Å²) in [6.45, 7) is 3.88. The number of hydrazine groups is 1. The van der Waals surface area contributed by atoms with Crippen molar-refractivity contribution in [1.82, 2.24) is 5.01 Å². The van der Waals surface area contributed by atoms with E-state index < -0.39 is 10.0 Å². The molecule has 0 radical (unpaired) electrons. The molecule has 9 heteroatoms. The average molecular weight is 383 g/mol. The van der Waals surface area contributed by atoms with E-state index in [4.69, 9.17) is 0 Å². The molecule has 2 aliphatic rings. The summed E-state index contributed by atoms with van der Waals surface area (Å²) >= 11 is 0. The predicted octanol–water partition coefficient (Wildman–Crippen LogP) is 2.07. The predicted molar refractivity (Wildman–Crippen MR) is 103 cm³/mol. The Hall–Kier alpha value is -3.20. The first-order valence-corrected chi connectivity index (χ1v) is 9.71. The molecular weight excluding hydrogens is 366 g/mol. The number of aliphatic imine (C=N–C) groups is 1. The van der Waals surface area contributed by atoms with Crippen molar-refractivity contribution < 1.29 is 13.2 Å². The van der Waals surface area contributed by atoms with E-state index in [9.17, 15) is 13.2 Å². The van der Waals surface area contributed by atoms with Crippen LogP contribution < -0.4 is 10.3 Å². The third-order valence-corrected chi connectivity index (χ3v) is 5.59. The van der Waals surface area contributed by atoms with Gasteiger partial charge in [-0.25, -0.2) is 5.01 Å². The first kappa shape index (κ1) is 17.2. The van der Waals surface area contributed by atoms with E-state index in [1.807, 2.05) is 32.0 Å². The van der Waals surface area contributed by atoms with Gasteiger partial charge in [0, 0.05) is 5.69 Å². The second-order valence-corrected chi connectivity index (χ2v) is 7.93. The molecular formula is C18H17N5O3S. The van der Waals surface area contributed by atoms with E-state index in [2.05, 4.69) is 14.7 Å². The van der Waals surface area contributed by atoms with Gasteiger partial charge in [-0.1, -0.05) is 29.8 Å². The van der Waals surface area contributed by atoms with Crippen molar-refractivity contribution in [2.45, 2.75) is 18.7 Å². The van der Waals surface area contributed by atoms with Gasteiger partial charge in [-0.2, -0.15) is 13.4 Å². The Morgan fingerprint density at radius 1 is 1.15 bits per heavy atom. The molecule has 0 aromatic heterocycles. The number of sulfonamides is 1. The van der Waals surface area contributed by atoms with Crippen LogP contribution in [0.25, 0.3) is 0 Å². The van der Waals surface area contributed by atoms with Crippen LogP contribution in [0.4, 0.5) is 11.4 Å². The Kier molecular flexibility index (Phi) is 3.96. The summed E-state index contributed by atoms with van der Waals surface area (Å²) in [6, 6.07) is 12.3. The molecule has 4 rings (SSSR count). The molecule has 0 aliphatic carbocycles. The largest absolute Gasteiger partial charge is 0.324 e. The van der Waals surface area contributed by atoms with Crippen molar-refractivity contribution in [1.29, 1.82) is 0 Å². The molecule has 138 valence electrons. The second kappa shape index (κ2) is 6.20. The minimum absolute atomic E-state index is 0.0213. The van der Waals surface area contributed by atoms with Gasteiger partial charge in [-0.05, 0) is 37.6 Å². The van der Waals surface area contributed by atoms with Crippen molar-refractivity contribution >= 4 is 39.6 Å². The molecule has 0 atom stereocenters. The maximum absolute atomic E-state index is 12.5. The number of benzene rings is 2. The standard InChI is InChI=1S/C18H17N5O3S/c1-12-7-8-14(13(2)9-12)20-17(24)10-22-11-19-18-21-27(25,26)16-6-4-3-5-15(16)23(18)22/h3-9,11H,10H2,1-2H3,(H,20,24). The van der Waals surface area contributed by atoms with E-state index in [1.165, 1.54) is 22.4 Å². The lowest BCUT2D eigenvalue weighted by atomic mass is 10.1. The summed E-state index contributed by atoms with van der Waals surface area (Å²) in [7, 11) is -3.80. The number of para-hydroxylation sites is 1. The maximum atomic E-state index is 12.5. The summed E-state index contributed by atoms with van der Waals surface area (Å²) in [4.78, 5) is 16.6. The number of nitrogens with zero attached hydrogens (tertiary/aromatic N) is 4. The summed E-state index contributed by atoms with van der Waals surface area (Å²) in [5.74, 6) is -0.228. The Morgan fingerprint density at radius 3 is 2.70 bits per heavy atom. The van der Waals surface area contributed by atoms with Crippen LogP contribution in [0.15, 0.2) is 56.8 Å². The fourth-order valence-electron chi connectivity index (χ4n) is 3.06. The van der Waals surface area contributed by atoms with Crippen LogP contribution in [0.1, 0.15) is 11.1 Å². The second-order valence-electron chi connectivity index (χ2n) is 6.35. The molecule has 0 saturated heterocycles. The van der Waals surface area contributed by atoms with Gasteiger partial charge in [0.1, 0.15) is 17.8 Å². The zero-order valence-corrected chi connectivity index (χ0v) is 15.6. The number of hydrogen-bond acceptors (Lipinski definition) is 6. The zero-order valence-electron chi connectivity index (χ0n) is 14.7. The lowest BCUT2D eigenvalue weighted by molar-refractivity contribution is -0.116. The van der Waals surface area contributed by atoms with Gasteiger partial charge in [0.2, 0.25) is 5.91 Å². The van der Waals surface area contributed by atoms with E-state index in [0.717, 1.165) is 16.8 Å². The van der Waals surface area contributed by atoms with E-state index in [0.29, 0.717) is 5.69 Å². The minimum Gasteiger partial charge on any atom is -0.324 e. The maximum Gasteiger partial charge on any atom is 0.287 e. The van der Waals surface area contributed by atoms with E-state index >= 15 is 0 Å². The van der Waals surface area contributed by atoms with Gasteiger partial charge in [-0.15, -0.1) is 4.40 Å². The highest BCUT2D eigenvalue weighted by Gasteiger charge is 2.36. The van der Waals surface area contributed by atoms with Gasteiger partial charge >= 0.3 is 0 Å². The van der Waals surface area contributed by atoms with Crippen LogP contribution >= 0.6 is 0 Å². The molecule has 1 amide bonds. The number of guanidine groups is 1. The summed E-state index contributed by atoms with van der Waals surface area (Å²) in [5.41, 5.74) is 3.23. The number of hydrogen-bond donors (Lipinski definition) is 1. The van der Waals surface area contributed by atoms with Crippen molar-refractivity contribution in [3.63, 3.8) is 0 Å². The van der Waals surface area contributed by atoms with Crippen LogP contribution in [-0.4, -0.2) is 38.2 Å². The summed E-state index contributed by atoms with van der Waals surface area (Å²) in [6.07, 6.45) is 1.40. The van der Waals surface area contributed by atoms with Crippen molar-refractivity contribution in [3.8, 4) is 0 Å². The van der Waals surface area contributed by atoms with Gasteiger partial charge in [0.05, 0.1) is 5.69 Å². The Morgan fingerprint density at radius 2 is 1.93 bits per heavy atom. The zero-order chi connectivity index (χ0) is 19.2. The van der Waals surface area contributed by atoms with Crippen LogP contribution in [0.3, 0.4) is 0 Å². The number of carbonyl (C=O) groups is 1. The van der Waals surface area contributed by atoms with Crippen molar-refractivity contribution in [2.24, 2.45) is 9.39 Å². The normalized spacial score (nSPS) is 16.6. The van der Waals surface area contributed by atoms with Crippen LogP contribution in [-0.2, 0) is 14.8 Å². The molecule has 1 N–H and O–H groups in total. The van der Waals surface area contributed by atoms with Crippen LogP contribution in [0, 0.1) is 13.8 Å². The fraction of sp³-hybridized carbons (Fsp3) is 0.167. The van der Waals surface area contributed by atoms with Gasteiger partial charge in [0.25, 0.3) is 16.0 Å². The Bertz CT molecular complexity index is 1110. The number of anilines is 2. The fourth-order valence-corrected chi connectivity index (χ4v) is 4.16. The number of fused-ring (bicyclic) bond motifs is 3. The Balaban J connectivity index is 1.58. The van der Waals surface area contributed by atoms with Crippen LogP contribution in [0.5, 0.6) is 0 Å². The monoisotopic (exact) mass is 383 g/mol. The van der Waals surface area contributed by atoms with Gasteiger partial charge in [-0.3, -0.25) is 9.80 Å². The molecule has 2 aromatic rings. The van der Waals surface area contributed by atoms with Crippen LogP contribution in [0.2, 0.25) is 0 Å². The quantitative estimate of drug-likeness (QED) is 0.876. The molecule has 2 aliphatic heterocycles. The number of nitrogens with one attached hydrogen (secondary N) is 1. The minimum atomic E-state index is -3.80. The molecule has 0 fully saturated rings. The van der Waals surface area contributed by atoms with Gasteiger partial charge < -0.3 is 5.32 Å². The Labute approximate surface area is 156 Å². The SMILES string of the molecule is Cc1ccc(NC(=O)CN2C=NC3=NS(=O)(=O)c4ccccc4N32)c(C)c1. The molecule has 0 saturated carbocycles.